The molecule has 1 fully saturated rings. The second-order valence-electron chi connectivity index (χ2n) is 6.72. The molecule has 0 aromatic heterocycles. The van der Waals surface area contributed by atoms with Gasteiger partial charge in [-0.2, -0.15) is 0 Å². The predicted octanol–water partition coefficient (Wildman–Crippen LogP) is 3.50. The summed E-state index contributed by atoms with van der Waals surface area (Å²) in [6.45, 7) is 0.682. The summed E-state index contributed by atoms with van der Waals surface area (Å²) in [5.41, 5.74) is 3.40. The fourth-order valence-corrected chi connectivity index (χ4v) is 4.19. The number of thioether (sulfide) groups is 1. The van der Waals surface area contributed by atoms with Crippen LogP contribution in [0, 0.1) is 20.2 Å². The van der Waals surface area contributed by atoms with Crippen LogP contribution in [0.2, 0.25) is 5.02 Å². The second kappa shape index (κ2) is 10.4. The molecule has 1 saturated heterocycles. The molecule has 13 heteroatoms. The smallest absolute Gasteiger partial charge is 0.288 e. The summed E-state index contributed by atoms with van der Waals surface area (Å²) in [4.78, 5) is 46.0. The van der Waals surface area contributed by atoms with Gasteiger partial charge in [0, 0.05) is 35.6 Å². The first kappa shape index (κ1) is 23.4. The Balaban J connectivity index is 1.66. The number of carbonyl (C=O) groups is 2. The van der Waals surface area contributed by atoms with Crippen molar-refractivity contribution >= 4 is 46.6 Å². The molecule has 0 spiro atoms. The topological polar surface area (TPSA) is 154 Å². The number of nitro benzene ring substituents is 2. The van der Waals surface area contributed by atoms with Crippen molar-refractivity contribution in [1.82, 2.24) is 10.9 Å². The van der Waals surface area contributed by atoms with E-state index in [1.54, 1.807) is 0 Å². The van der Waals surface area contributed by atoms with Crippen molar-refractivity contribution in [2.45, 2.75) is 23.8 Å². The molecule has 2 aromatic carbocycles. The highest BCUT2D eigenvalue weighted by atomic mass is 35.5. The van der Waals surface area contributed by atoms with Gasteiger partial charge < -0.3 is 4.74 Å². The zero-order chi connectivity index (χ0) is 23.3. The number of ether oxygens (including phenoxy) is 1. The Morgan fingerprint density at radius 3 is 2.19 bits per heavy atom. The molecule has 0 unspecified atom stereocenters. The Kier molecular flexibility index (Phi) is 7.62. The van der Waals surface area contributed by atoms with Gasteiger partial charge in [0.25, 0.3) is 23.2 Å². The summed E-state index contributed by atoms with van der Waals surface area (Å²) < 4.78 is 5.52. The SMILES string of the molecule is O=C(NNC(=O)c1ccc(SC[C@H]2CCCO2)c([N+](=O)[O-])c1)c1ccc(Cl)c([N+](=O)[O-])c1. The van der Waals surface area contributed by atoms with Gasteiger partial charge in [-0.1, -0.05) is 11.6 Å². The van der Waals surface area contributed by atoms with E-state index in [2.05, 4.69) is 10.9 Å². The Hall–Kier alpha value is -3.22. The van der Waals surface area contributed by atoms with Gasteiger partial charge in [-0.05, 0) is 37.1 Å². The first-order valence-electron chi connectivity index (χ1n) is 9.33. The molecule has 1 aliphatic heterocycles. The maximum Gasteiger partial charge on any atom is 0.288 e. The summed E-state index contributed by atoms with van der Waals surface area (Å²) in [7, 11) is 0. The molecule has 2 aromatic rings. The van der Waals surface area contributed by atoms with Crippen molar-refractivity contribution in [1.29, 1.82) is 0 Å². The Labute approximate surface area is 190 Å². The summed E-state index contributed by atoms with van der Waals surface area (Å²) in [5.74, 6) is -1.05. The number of nitro groups is 2. The molecule has 0 aliphatic carbocycles. The van der Waals surface area contributed by atoms with E-state index < -0.39 is 27.3 Å². The van der Waals surface area contributed by atoms with E-state index in [-0.39, 0.29) is 27.9 Å². The highest BCUT2D eigenvalue weighted by Crippen LogP contribution is 2.32. The molecule has 0 radical (unpaired) electrons. The Morgan fingerprint density at radius 1 is 1.03 bits per heavy atom. The normalized spacial score (nSPS) is 15.2. The quantitative estimate of drug-likeness (QED) is 0.346. The van der Waals surface area contributed by atoms with Crippen molar-refractivity contribution in [2.75, 3.05) is 12.4 Å². The van der Waals surface area contributed by atoms with E-state index in [1.807, 2.05) is 0 Å². The molecule has 32 heavy (non-hydrogen) atoms. The van der Waals surface area contributed by atoms with E-state index in [4.69, 9.17) is 16.3 Å². The molecule has 1 aliphatic rings. The maximum atomic E-state index is 12.4. The number of benzene rings is 2. The number of carbonyl (C=O) groups excluding carboxylic acids is 2. The molecule has 0 bridgehead atoms. The lowest BCUT2D eigenvalue weighted by Gasteiger charge is -2.10. The lowest BCUT2D eigenvalue weighted by atomic mass is 10.2. The summed E-state index contributed by atoms with van der Waals surface area (Å²) >= 11 is 6.99. The van der Waals surface area contributed by atoms with Crippen LogP contribution in [-0.2, 0) is 4.74 Å². The van der Waals surface area contributed by atoms with Gasteiger partial charge in [0.05, 0.1) is 20.8 Å². The summed E-state index contributed by atoms with van der Waals surface area (Å²) in [6.07, 6.45) is 1.90. The number of nitrogens with one attached hydrogen (secondary N) is 2. The van der Waals surface area contributed by atoms with Gasteiger partial charge in [-0.3, -0.25) is 40.7 Å². The van der Waals surface area contributed by atoms with Gasteiger partial charge in [0.1, 0.15) is 5.02 Å². The Morgan fingerprint density at radius 2 is 1.62 bits per heavy atom. The molecule has 3 rings (SSSR count). The molecule has 1 heterocycles. The fraction of sp³-hybridized carbons (Fsp3) is 0.263. The summed E-state index contributed by atoms with van der Waals surface area (Å²) in [6, 6.07) is 7.40. The van der Waals surface area contributed by atoms with Crippen LogP contribution in [0.1, 0.15) is 33.6 Å². The highest BCUT2D eigenvalue weighted by molar-refractivity contribution is 7.99. The standard InChI is InChI=1S/C19H17ClN4O7S/c20-14-5-3-11(8-15(14)23(27)28)18(25)21-22-19(26)12-4-6-17(16(9-12)24(29)30)32-10-13-2-1-7-31-13/h3-6,8-9,13H,1-2,7,10H2,(H,21,25)(H,22,26)/t13-/m1/s1. The van der Waals surface area contributed by atoms with Gasteiger partial charge in [0.15, 0.2) is 0 Å². The van der Waals surface area contributed by atoms with E-state index in [0.29, 0.717) is 17.3 Å². The van der Waals surface area contributed by atoms with Crippen LogP contribution < -0.4 is 10.9 Å². The molecule has 2 amide bonds. The minimum Gasteiger partial charge on any atom is -0.377 e. The maximum absolute atomic E-state index is 12.4. The zero-order valence-electron chi connectivity index (χ0n) is 16.4. The number of nitrogens with zero attached hydrogens (tertiary/aromatic N) is 2. The third-order valence-electron chi connectivity index (χ3n) is 4.56. The minimum atomic E-state index is -0.823. The molecule has 1 atom stereocenters. The first-order chi connectivity index (χ1) is 15.3. The molecule has 168 valence electrons. The third-order valence-corrected chi connectivity index (χ3v) is 6.08. The number of hydrazine groups is 1. The van der Waals surface area contributed by atoms with Crippen LogP contribution >= 0.6 is 23.4 Å². The molecule has 0 saturated carbocycles. The summed E-state index contributed by atoms with van der Waals surface area (Å²) in [5, 5.41) is 22.3. The molecular weight excluding hydrogens is 464 g/mol. The van der Waals surface area contributed by atoms with Crippen molar-refractivity contribution in [2.24, 2.45) is 0 Å². The number of hydrogen-bond acceptors (Lipinski definition) is 8. The van der Waals surface area contributed by atoms with Crippen molar-refractivity contribution in [3.8, 4) is 0 Å². The Bertz CT molecular complexity index is 1080. The largest absolute Gasteiger partial charge is 0.377 e. The first-order valence-corrected chi connectivity index (χ1v) is 10.7. The molecule has 11 nitrogen and oxygen atoms in total. The number of amides is 2. The van der Waals surface area contributed by atoms with Gasteiger partial charge >= 0.3 is 0 Å². The van der Waals surface area contributed by atoms with E-state index in [9.17, 15) is 29.8 Å². The minimum absolute atomic E-state index is 0.0412. The van der Waals surface area contributed by atoms with Crippen LogP contribution in [0.5, 0.6) is 0 Å². The van der Waals surface area contributed by atoms with Gasteiger partial charge in [-0.15, -0.1) is 11.8 Å². The average Bonchev–Trinajstić information content (AvgIpc) is 3.29. The lowest BCUT2D eigenvalue weighted by molar-refractivity contribution is -0.387. The lowest BCUT2D eigenvalue weighted by Crippen LogP contribution is -2.41. The van der Waals surface area contributed by atoms with E-state index in [1.165, 1.54) is 36.0 Å². The molecule has 2 N–H and O–H groups in total. The van der Waals surface area contributed by atoms with Crippen LogP contribution in [0.4, 0.5) is 11.4 Å². The number of rotatable bonds is 7. The predicted molar refractivity (Wildman–Crippen MR) is 116 cm³/mol. The van der Waals surface area contributed by atoms with Crippen LogP contribution in [0.3, 0.4) is 0 Å². The third kappa shape index (κ3) is 5.72. The van der Waals surface area contributed by atoms with Crippen LogP contribution in [0.15, 0.2) is 41.3 Å². The van der Waals surface area contributed by atoms with Gasteiger partial charge in [0.2, 0.25) is 0 Å². The highest BCUT2D eigenvalue weighted by Gasteiger charge is 2.22. The second-order valence-corrected chi connectivity index (χ2v) is 8.19. The number of halogens is 1. The number of hydrogen-bond donors (Lipinski definition) is 2. The monoisotopic (exact) mass is 480 g/mol. The van der Waals surface area contributed by atoms with Crippen molar-refractivity contribution in [3.63, 3.8) is 0 Å². The van der Waals surface area contributed by atoms with E-state index >= 15 is 0 Å². The van der Waals surface area contributed by atoms with Gasteiger partial charge in [-0.25, -0.2) is 0 Å². The molecular formula is C19H17ClN4O7S. The van der Waals surface area contributed by atoms with Crippen LogP contribution in [0.25, 0.3) is 0 Å². The zero-order valence-corrected chi connectivity index (χ0v) is 18.0. The fourth-order valence-electron chi connectivity index (χ4n) is 2.93. The average molecular weight is 481 g/mol. The van der Waals surface area contributed by atoms with E-state index in [0.717, 1.165) is 25.0 Å². The van der Waals surface area contributed by atoms with Crippen LogP contribution in [-0.4, -0.2) is 40.1 Å². The van der Waals surface area contributed by atoms with Crippen molar-refractivity contribution < 1.29 is 24.2 Å². The van der Waals surface area contributed by atoms with Crippen molar-refractivity contribution in [3.05, 3.63) is 72.8 Å².